The van der Waals surface area contributed by atoms with E-state index < -0.39 is 17.7 Å². The summed E-state index contributed by atoms with van der Waals surface area (Å²) in [6, 6.07) is 2.60. The minimum absolute atomic E-state index is 0.0332. The van der Waals surface area contributed by atoms with Crippen LogP contribution in [0.3, 0.4) is 0 Å². The van der Waals surface area contributed by atoms with Gasteiger partial charge in [-0.3, -0.25) is 9.59 Å². The summed E-state index contributed by atoms with van der Waals surface area (Å²) in [5.41, 5.74) is 1.00. The molecule has 130 valence electrons. The third-order valence-electron chi connectivity index (χ3n) is 3.73. The van der Waals surface area contributed by atoms with Crippen molar-refractivity contribution >= 4 is 34.8 Å². The summed E-state index contributed by atoms with van der Waals surface area (Å²) < 4.78 is 14.1. The first-order valence-electron chi connectivity index (χ1n) is 7.52. The molecule has 3 N–H and O–H groups in total. The molecule has 0 atom stereocenters. The van der Waals surface area contributed by atoms with Crippen molar-refractivity contribution < 1.29 is 23.9 Å². The lowest BCUT2D eigenvalue weighted by molar-refractivity contribution is -0.116. The Labute approximate surface area is 145 Å². The summed E-state index contributed by atoms with van der Waals surface area (Å²) in [6.45, 7) is 0.207. The molecule has 0 fully saturated rings. The van der Waals surface area contributed by atoms with E-state index in [2.05, 4.69) is 15.6 Å². The first-order chi connectivity index (χ1) is 11.9. The van der Waals surface area contributed by atoms with E-state index in [1.54, 1.807) is 0 Å². The number of nitrogens with zero attached hydrogens (tertiary/aromatic N) is 1. The molecule has 0 saturated heterocycles. The predicted molar refractivity (Wildman–Crippen MR) is 88.5 cm³/mol. The smallest absolute Gasteiger partial charge is 0.355 e. The lowest BCUT2D eigenvalue weighted by Crippen LogP contribution is -2.27. The van der Waals surface area contributed by atoms with Gasteiger partial charge in [0.2, 0.25) is 5.91 Å². The van der Waals surface area contributed by atoms with Gasteiger partial charge in [-0.15, -0.1) is 11.3 Å². The van der Waals surface area contributed by atoms with Crippen molar-refractivity contribution in [2.24, 2.45) is 0 Å². The molecule has 0 unspecified atom stereocenters. The molecule has 1 aromatic carbocycles. The van der Waals surface area contributed by atoms with Gasteiger partial charge in [0.15, 0.2) is 5.69 Å². The minimum Gasteiger partial charge on any atom is -0.476 e. The number of carbonyl (C=O) groups is 3. The third-order valence-corrected chi connectivity index (χ3v) is 4.64. The van der Waals surface area contributed by atoms with Crippen molar-refractivity contribution in [1.82, 2.24) is 10.3 Å². The lowest BCUT2D eigenvalue weighted by atomic mass is 9.99. The minimum atomic E-state index is -1.10. The number of hydrogen-bond donors (Lipinski definition) is 3. The van der Waals surface area contributed by atoms with Gasteiger partial charge in [-0.2, -0.15) is 0 Å². The number of carbonyl (C=O) groups excluding carboxylic acids is 2. The number of halogens is 1. The van der Waals surface area contributed by atoms with Crippen molar-refractivity contribution in [3.05, 3.63) is 45.2 Å². The van der Waals surface area contributed by atoms with Crippen LogP contribution in [0.4, 0.5) is 10.1 Å². The van der Waals surface area contributed by atoms with E-state index in [0.29, 0.717) is 30.0 Å². The number of thiazole rings is 1. The maximum absolute atomic E-state index is 14.1. The zero-order valence-electron chi connectivity index (χ0n) is 13.0. The molecule has 1 aliphatic heterocycles. The first-order valence-corrected chi connectivity index (χ1v) is 8.40. The van der Waals surface area contributed by atoms with Crippen LogP contribution in [0.1, 0.15) is 37.8 Å². The fourth-order valence-corrected chi connectivity index (χ4v) is 3.25. The normalized spacial score (nSPS) is 13.1. The van der Waals surface area contributed by atoms with E-state index in [1.807, 2.05) is 0 Å². The van der Waals surface area contributed by atoms with Crippen molar-refractivity contribution in [1.29, 1.82) is 0 Å². The van der Waals surface area contributed by atoms with Crippen molar-refractivity contribution in [2.45, 2.75) is 19.3 Å². The molecule has 2 amide bonds. The zero-order chi connectivity index (χ0) is 18.0. The molecule has 2 aromatic rings. The van der Waals surface area contributed by atoms with Crippen LogP contribution in [0.15, 0.2) is 17.5 Å². The summed E-state index contributed by atoms with van der Waals surface area (Å²) in [4.78, 5) is 38.2. The van der Waals surface area contributed by atoms with Crippen LogP contribution >= 0.6 is 11.3 Å². The Morgan fingerprint density at radius 1 is 1.36 bits per heavy atom. The molecule has 7 nitrogen and oxygen atoms in total. The maximum Gasteiger partial charge on any atom is 0.355 e. The molecule has 1 aromatic heterocycles. The van der Waals surface area contributed by atoms with Crippen LogP contribution < -0.4 is 10.6 Å². The van der Waals surface area contributed by atoms with Crippen molar-refractivity contribution in [3.63, 3.8) is 0 Å². The number of benzene rings is 1. The summed E-state index contributed by atoms with van der Waals surface area (Å²) >= 11 is 1.19. The van der Waals surface area contributed by atoms with E-state index in [4.69, 9.17) is 5.11 Å². The van der Waals surface area contributed by atoms with Crippen LogP contribution in [-0.2, 0) is 17.6 Å². The number of carboxylic acids is 1. The van der Waals surface area contributed by atoms with Gasteiger partial charge in [-0.25, -0.2) is 14.2 Å². The summed E-state index contributed by atoms with van der Waals surface area (Å²) in [5, 5.41) is 16.0. The maximum atomic E-state index is 14.1. The quantitative estimate of drug-likeness (QED) is 0.751. The molecular formula is C16H14FN3O4S. The largest absolute Gasteiger partial charge is 0.476 e. The van der Waals surface area contributed by atoms with E-state index in [-0.39, 0.29) is 23.7 Å². The number of fused-ring (bicyclic) bond motifs is 1. The molecule has 0 aliphatic carbocycles. The van der Waals surface area contributed by atoms with Crippen LogP contribution in [0.25, 0.3) is 0 Å². The highest BCUT2D eigenvalue weighted by Gasteiger charge is 2.20. The Morgan fingerprint density at radius 2 is 2.16 bits per heavy atom. The number of hydrogen-bond acceptors (Lipinski definition) is 5. The monoisotopic (exact) mass is 363 g/mol. The van der Waals surface area contributed by atoms with Gasteiger partial charge in [-0.05, 0) is 24.1 Å². The lowest BCUT2D eigenvalue weighted by Gasteiger charge is -2.18. The van der Waals surface area contributed by atoms with Gasteiger partial charge < -0.3 is 15.7 Å². The van der Waals surface area contributed by atoms with Crippen LogP contribution in [0, 0.1) is 5.82 Å². The number of aryl methyl sites for hydroxylation is 1. The molecule has 0 saturated carbocycles. The van der Waals surface area contributed by atoms with Gasteiger partial charge in [0, 0.05) is 30.5 Å². The molecule has 0 radical (unpaired) electrons. The molecule has 3 rings (SSSR count). The Morgan fingerprint density at radius 3 is 2.88 bits per heavy atom. The fourth-order valence-electron chi connectivity index (χ4n) is 2.48. The van der Waals surface area contributed by atoms with Crippen molar-refractivity contribution in [2.75, 3.05) is 11.9 Å². The van der Waals surface area contributed by atoms with Gasteiger partial charge in [0.25, 0.3) is 5.91 Å². The number of aromatic carboxylic acids is 1. The van der Waals surface area contributed by atoms with E-state index in [1.165, 1.54) is 22.8 Å². The topological polar surface area (TPSA) is 108 Å². The van der Waals surface area contributed by atoms with Crippen molar-refractivity contribution in [3.8, 4) is 0 Å². The number of carboxylic acid groups (broad SMARTS) is 1. The second-order valence-electron chi connectivity index (χ2n) is 5.47. The predicted octanol–water partition coefficient (Wildman–Crippen LogP) is 1.84. The molecule has 9 heteroatoms. The third kappa shape index (κ3) is 3.82. The molecule has 0 spiro atoms. The van der Waals surface area contributed by atoms with Crippen LogP contribution in [-0.4, -0.2) is 34.4 Å². The number of nitrogens with one attached hydrogen (secondary N) is 2. The first kappa shape index (κ1) is 17.0. The van der Waals surface area contributed by atoms with E-state index in [9.17, 15) is 18.8 Å². The SMILES string of the molecule is O=C1CCc2cc(C(=O)NCCc3nc(C(=O)O)cs3)c(F)cc2N1. The number of rotatable bonds is 5. The Kier molecular flexibility index (Phi) is 4.75. The van der Waals surface area contributed by atoms with Gasteiger partial charge in [-0.1, -0.05) is 0 Å². The summed E-state index contributed by atoms with van der Waals surface area (Å²) in [7, 11) is 0. The Balaban J connectivity index is 1.63. The second-order valence-corrected chi connectivity index (χ2v) is 6.42. The number of amides is 2. The molecule has 1 aliphatic rings. The van der Waals surface area contributed by atoms with Gasteiger partial charge in [0.05, 0.1) is 10.6 Å². The highest BCUT2D eigenvalue weighted by atomic mass is 32.1. The Bertz CT molecular complexity index is 865. The number of anilines is 1. The molecule has 2 heterocycles. The van der Waals surface area contributed by atoms with E-state index in [0.717, 1.165) is 11.6 Å². The Hall–Kier alpha value is -2.81. The second kappa shape index (κ2) is 6.98. The zero-order valence-corrected chi connectivity index (χ0v) is 13.8. The average molecular weight is 363 g/mol. The standard InChI is InChI=1S/C16H14FN3O4S/c17-10-6-11-8(1-2-13(21)19-11)5-9(10)15(22)18-4-3-14-20-12(7-25-14)16(23)24/h5-7H,1-4H2,(H,18,22)(H,19,21)(H,23,24). The average Bonchev–Trinajstić information content (AvgIpc) is 3.03. The van der Waals surface area contributed by atoms with E-state index >= 15 is 0 Å². The summed E-state index contributed by atoms with van der Waals surface area (Å²) in [5.74, 6) is -2.55. The molecule has 0 bridgehead atoms. The fraction of sp³-hybridized carbons (Fsp3) is 0.250. The highest BCUT2D eigenvalue weighted by molar-refractivity contribution is 7.09. The van der Waals surface area contributed by atoms with Gasteiger partial charge >= 0.3 is 5.97 Å². The van der Waals surface area contributed by atoms with Crippen LogP contribution in [0.2, 0.25) is 0 Å². The molecule has 25 heavy (non-hydrogen) atoms. The molecular weight excluding hydrogens is 349 g/mol. The highest BCUT2D eigenvalue weighted by Crippen LogP contribution is 2.25. The summed E-state index contributed by atoms with van der Waals surface area (Å²) in [6.07, 6.45) is 1.11. The number of aromatic nitrogens is 1. The van der Waals surface area contributed by atoms with Gasteiger partial charge in [0.1, 0.15) is 5.82 Å². The van der Waals surface area contributed by atoms with Crippen LogP contribution in [0.5, 0.6) is 0 Å².